The summed E-state index contributed by atoms with van der Waals surface area (Å²) in [6, 6.07) is 38.7. The Bertz CT molecular complexity index is 1810. The number of anilines is 3. The van der Waals surface area contributed by atoms with Gasteiger partial charge in [0.1, 0.15) is 0 Å². The summed E-state index contributed by atoms with van der Waals surface area (Å²) in [6.07, 6.45) is 25.3. The molecule has 0 atom stereocenters. The minimum Gasteiger partial charge on any atom is -0.348 e. The maximum atomic E-state index is 2.29. The van der Waals surface area contributed by atoms with Gasteiger partial charge in [0.15, 0.2) is 0 Å². The van der Waals surface area contributed by atoms with Crippen molar-refractivity contribution in [3.05, 3.63) is 192 Å². The van der Waals surface area contributed by atoms with E-state index in [1.54, 1.807) is 0 Å². The zero-order valence-electron chi connectivity index (χ0n) is 26.2. The molecule has 0 spiro atoms. The first-order chi connectivity index (χ1) is 22.2. The quantitative estimate of drug-likeness (QED) is 0.181. The Hall–Kier alpha value is -5.34. The van der Waals surface area contributed by atoms with Crippen LogP contribution in [0.1, 0.15) is 31.7 Å². The zero-order valence-corrected chi connectivity index (χ0v) is 26.2. The smallest absolute Gasteiger partial charge is 0.0455 e. The molecule has 0 saturated carbocycles. The Labute approximate surface area is 268 Å². The molecule has 2 heteroatoms. The third-order valence-corrected chi connectivity index (χ3v) is 8.46. The van der Waals surface area contributed by atoms with Crippen LogP contribution >= 0.6 is 0 Å². The van der Waals surface area contributed by atoms with Crippen molar-refractivity contribution < 1.29 is 0 Å². The lowest BCUT2D eigenvalue weighted by atomic mass is 9.98. The Morgan fingerprint density at radius 2 is 1.33 bits per heavy atom. The number of benzene rings is 4. The Kier molecular flexibility index (Phi) is 9.52. The SMILES string of the molecule is CC1=C(/C=C\C=C\N(c2ccccc2)c2ccc(C3=CC=C(N(C)c4cccc(-c5ccccc5)c4)CC=C3)cc2)CCC=C1. The molecule has 2 aliphatic rings. The summed E-state index contributed by atoms with van der Waals surface area (Å²) in [5, 5.41) is 0. The van der Waals surface area contributed by atoms with Gasteiger partial charge >= 0.3 is 0 Å². The van der Waals surface area contributed by atoms with Crippen molar-refractivity contribution in [3.63, 3.8) is 0 Å². The van der Waals surface area contributed by atoms with Gasteiger partial charge in [-0.1, -0.05) is 115 Å². The summed E-state index contributed by atoms with van der Waals surface area (Å²) < 4.78 is 0. The summed E-state index contributed by atoms with van der Waals surface area (Å²) in [5.74, 6) is 0. The summed E-state index contributed by atoms with van der Waals surface area (Å²) in [7, 11) is 2.16. The number of allylic oxidation sites excluding steroid dienone is 12. The van der Waals surface area contributed by atoms with Gasteiger partial charge in [0, 0.05) is 42.4 Å². The molecule has 4 aromatic rings. The van der Waals surface area contributed by atoms with Gasteiger partial charge in [0.05, 0.1) is 0 Å². The number of hydrogen-bond acceptors (Lipinski definition) is 2. The van der Waals surface area contributed by atoms with E-state index in [0.717, 1.165) is 30.6 Å². The molecular weight excluding hydrogens is 544 g/mol. The van der Waals surface area contributed by atoms with E-state index in [1.807, 2.05) is 0 Å². The largest absolute Gasteiger partial charge is 0.348 e. The van der Waals surface area contributed by atoms with Crippen molar-refractivity contribution in [2.45, 2.75) is 26.2 Å². The van der Waals surface area contributed by atoms with E-state index in [2.05, 4.69) is 194 Å². The summed E-state index contributed by atoms with van der Waals surface area (Å²) >= 11 is 0. The molecule has 2 nitrogen and oxygen atoms in total. The monoisotopic (exact) mass is 584 g/mol. The highest BCUT2D eigenvalue weighted by Crippen LogP contribution is 2.31. The third kappa shape index (κ3) is 7.42. The van der Waals surface area contributed by atoms with E-state index in [9.17, 15) is 0 Å². The molecule has 0 N–H and O–H groups in total. The van der Waals surface area contributed by atoms with Crippen LogP contribution in [0.4, 0.5) is 17.1 Å². The van der Waals surface area contributed by atoms with Crippen LogP contribution < -0.4 is 9.80 Å². The molecule has 0 heterocycles. The maximum Gasteiger partial charge on any atom is 0.0455 e. The van der Waals surface area contributed by atoms with Crippen molar-refractivity contribution in [1.82, 2.24) is 0 Å². The molecule has 0 aliphatic heterocycles. The van der Waals surface area contributed by atoms with Crippen molar-refractivity contribution in [2.75, 3.05) is 16.8 Å². The summed E-state index contributed by atoms with van der Waals surface area (Å²) in [5.41, 5.74) is 12.3. The van der Waals surface area contributed by atoms with Crippen molar-refractivity contribution in [3.8, 4) is 11.1 Å². The lowest BCUT2D eigenvalue weighted by molar-refractivity contribution is 0.969. The van der Waals surface area contributed by atoms with Gasteiger partial charge in [-0.3, -0.25) is 0 Å². The zero-order chi connectivity index (χ0) is 30.8. The third-order valence-electron chi connectivity index (χ3n) is 8.46. The minimum atomic E-state index is 0.872. The highest BCUT2D eigenvalue weighted by Gasteiger charge is 2.11. The molecule has 45 heavy (non-hydrogen) atoms. The second kappa shape index (κ2) is 14.4. The van der Waals surface area contributed by atoms with Crippen LogP contribution in [0.15, 0.2) is 187 Å². The number of hydrogen-bond donors (Lipinski definition) is 0. The van der Waals surface area contributed by atoms with Crippen molar-refractivity contribution in [2.24, 2.45) is 0 Å². The second-order valence-corrected chi connectivity index (χ2v) is 11.5. The fourth-order valence-electron chi connectivity index (χ4n) is 5.80. The van der Waals surface area contributed by atoms with E-state index in [0.29, 0.717) is 0 Å². The van der Waals surface area contributed by atoms with Gasteiger partial charge in [-0.25, -0.2) is 0 Å². The van der Waals surface area contributed by atoms with Crippen LogP contribution in [0.3, 0.4) is 0 Å². The molecule has 2 aliphatic carbocycles. The molecule has 0 bridgehead atoms. The van der Waals surface area contributed by atoms with E-state index >= 15 is 0 Å². The van der Waals surface area contributed by atoms with Crippen LogP contribution in [-0.4, -0.2) is 7.05 Å². The first kappa shape index (κ1) is 29.7. The topological polar surface area (TPSA) is 6.48 Å². The van der Waals surface area contributed by atoms with Gasteiger partial charge in [0.25, 0.3) is 0 Å². The Balaban J connectivity index is 1.20. The van der Waals surface area contributed by atoms with Gasteiger partial charge in [0.2, 0.25) is 0 Å². The predicted octanol–water partition coefficient (Wildman–Crippen LogP) is 11.6. The van der Waals surface area contributed by atoms with E-state index < -0.39 is 0 Å². The first-order valence-corrected chi connectivity index (χ1v) is 15.8. The Morgan fingerprint density at radius 1 is 0.622 bits per heavy atom. The summed E-state index contributed by atoms with van der Waals surface area (Å²) in [6.45, 7) is 2.19. The van der Waals surface area contributed by atoms with Crippen LogP contribution in [0.2, 0.25) is 0 Å². The lowest BCUT2D eigenvalue weighted by Gasteiger charge is -2.22. The highest BCUT2D eigenvalue weighted by molar-refractivity contribution is 5.78. The molecule has 0 radical (unpaired) electrons. The molecule has 0 unspecified atom stereocenters. The molecule has 222 valence electrons. The second-order valence-electron chi connectivity index (χ2n) is 11.5. The fourth-order valence-corrected chi connectivity index (χ4v) is 5.80. The molecule has 0 saturated heterocycles. The minimum absolute atomic E-state index is 0.872. The average molecular weight is 585 g/mol. The van der Waals surface area contributed by atoms with Gasteiger partial charge in [-0.15, -0.1) is 0 Å². The van der Waals surface area contributed by atoms with Crippen LogP contribution in [0, 0.1) is 0 Å². The molecule has 0 aromatic heterocycles. The maximum absolute atomic E-state index is 2.29. The molecule has 6 rings (SSSR count). The Morgan fingerprint density at radius 3 is 2.11 bits per heavy atom. The predicted molar refractivity (Wildman–Crippen MR) is 194 cm³/mol. The van der Waals surface area contributed by atoms with Gasteiger partial charge in [-0.05, 0) is 102 Å². The van der Waals surface area contributed by atoms with Crippen LogP contribution in [0.5, 0.6) is 0 Å². The lowest BCUT2D eigenvalue weighted by Crippen LogP contribution is -2.15. The molecule has 4 aromatic carbocycles. The standard InChI is InChI=1S/C43H40N2/c1-34-15-9-10-16-35(34)17-11-12-32-45(41-22-7-4-8-23-41)42-30-27-38(28-31-42)37-20-13-24-40(29-26-37)44(2)43-25-14-21-39(33-43)36-18-5-3-6-19-36/h3-9,11-15,17-23,25-33H,10,16,24H2,1-2H3/b17-11-,32-12+. The van der Waals surface area contributed by atoms with Crippen LogP contribution in [0.25, 0.3) is 16.7 Å². The first-order valence-electron chi connectivity index (χ1n) is 15.8. The van der Waals surface area contributed by atoms with Gasteiger partial charge < -0.3 is 9.80 Å². The van der Waals surface area contributed by atoms with Crippen molar-refractivity contribution in [1.29, 1.82) is 0 Å². The summed E-state index contributed by atoms with van der Waals surface area (Å²) in [4.78, 5) is 4.53. The van der Waals surface area contributed by atoms with Crippen molar-refractivity contribution >= 4 is 22.6 Å². The van der Waals surface area contributed by atoms with E-state index in [1.165, 1.54) is 44.8 Å². The number of nitrogens with zero attached hydrogens (tertiary/aromatic N) is 2. The molecule has 0 fully saturated rings. The van der Waals surface area contributed by atoms with Crippen LogP contribution in [-0.2, 0) is 0 Å². The molecular formula is C43H40N2. The molecule has 0 amide bonds. The van der Waals surface area contributed by atoms with E-state index in [4.69, 9.17) is 0 Å². The fraction of sp³-hybridized carbons (Fsp3) is 0.116. The number of para-hydroxylation sites is 1. The van der Waals surface area contributed by atoms with Gasteiger partial charge in [-0.2, -0.15) is 0 Å². The average Bonchev–Trinajstić information content (AvgIpc) is 3.36. The van der Waals surface area contributed by atoms with E-state index in [-0.39, 0.29) is 0 Å². The normalized spacial score (nSPS) is 14.9. The highest BCUT2D eigenvalue weighted by atomic mass is 15.1. The number of rotatable bonds is 9.